The summed E-state index contributed by atoms with van der Waals surface area (Å²) in [4.78, 5) is 48.7. The lowest BCUT2D eigenvalue weighted by atomic mass is 9.98. The van der Waals surface area contributed by atoms with E-state index in [-0.39, 0.29) is 19.8 Å². The number of nitrogens with zero attached hydrogens (tertiary/aromatic N) is 3. The summed E-state index contributed by atoms with van der Waals surface area (Å²) in [7, 11) is 0. The highest BCUT2D eigenvalue weighted by atomic mass is 16.7. The van der Waals surface area contributed by atoms with E-state index in [2.05, 4.69) is 10.0 Å². The van der Waals surface area contributed by atoms with E-state index in [1.165, 1.54) is 6.92 Å². The van der Waals surface area contributed by atoms with Crippen LogP contribution in [-0.2, 0) is 47.6 Å². The number of esters is 4. The number of ether oxygens (including phenoxy) is 6. The first-order chi connectivity index (χ1) is 14.1. The summed E-state index contributed by atoms with van der Waals surface area (Å²) in [6.45, 7) is 4.44. The predicted molar refractivity (Wildman–Crippen MR) is 96.5 cm³/mol. The van der Waals surface area contributed by atoms with Crippen molar-refractivity contribution in [1.82, 2.24) is 0 Å². The first-order valence-corrected chi connectivity index (χ1v) is 9.08. The van der Waals surface area contributed by atoms with Crippen molar-refractivity contribution in [1.29, 1.82) is 0 Å². The Bertz CT molecular complexity index is 679. The first-order valence-electron chi connectivity index (χ1n) is 9.08. The molecule has 13 heteroatoms. The summed E-state index contributed by atoms with van der Waals surface area (Å²) in [5, 5.41) is 3.37. The molecule has 0 aliphatic carbocycles. The van der Waals surface area contributed by atoms with Gasteiger partial charge in [0.2, 0.25) is 0 Å². The number of rotatable bonds is 10. The molecule has 5 unspecified atom stereocenters. The standard InChI is InChI=1S/C17H25N3O10/c1-9(21)26-8-13-14(27-10(2)22)15(28-11(3)23)16(29-12(4)24)17(30-13)25-7-5-6-19-20-18/h13-17H,5-8H2,1-4H3. The topological polar surface area (TPSA) is 172 Å². The molecule has 0 bridgehead atoms. The van der Waals surface area contributed by atoms with E-state index in [0.717, 1.165) is 20.8 Å². The van der Waals surface area contributed by atoms with Crippen molar-refractivity contribution in [3.8, 4) is 0 Å². The molecule has 0 aromatic rings. The minimum atomic E-state index is -1.29. The van der Waals surface area contributed by atoms with Crippen molar-refractivity contribution >= 4 is 23.9 Å². The minimum absolute atomic E-state index is 0.0484. The molecule has 0 amide bonds. The summed E-state index contributed by atoms with van der Waals surface area (Å²) in [5.74, 6) is -2.78. The van der Waals surface area contributed by atoms with Crippen LogP contribution in [0.25, 0.3) is 10.4 Å². The van der Waals surface area contributed by atoms with Crippen molar-refractivity contribution in [2.45, 2.75) is 64.8 Å². The Morgan fingerprint density at radius 1 is 0.900 bits per heavy atom. The maximum Gasteiger partial charge on any atom is 0.303 e. The van der Waals surface area contributed by atoms with Gasteiger partial charge in [-0.2, -0.15) is 0 Å². The van der Waals surface area contributed by atoms with Gasteiger partial charge in [-0.05, 0) is 12.0 Å². The molecule has 0 aromatic carbocycles. The Kier molecular flexibility index (Phi) is 10.6. The highest BCUT2D eigenvalue weighted by molar-refractivity contribution is 5.68. The fourth-order valence-corrected chi connectivity index (χ4v) is 2.70. The molecule has 0 radical (unpaired) electrons. The van der Waals surface area contributed by atoms with Gasteiger partial charge in [0.15, 0.2) is 24.6 Å². The highest BCUT2D eigenvalue weighted by Crippen LogP contribution is 2.30. The lowest BCUT2D eigenvalue weighted by Gasteiger charge is -2.44. The fourth-order valence-electron chi connectivity index (χ4n) is 2.70. The average molecular weight is 431 g/mol. The van der Waals surface area contributed by atoms with E-state index in [1.807, 2.05) is 0 Å². The molecule has 0 saturated carbocycles. The monoisotopic (exact) mass is 431 g/mol. The van der Waals surface area contributed by atoms with Crippen LogP contribution >= 0.6 is 0 Å². The molecule has 0 N–H and O–H groups in total. The maximum absolute atomic E-state index is 11.7. The molecule has 0 spiro atoms. The molecule has 13 nitrogen and oxygen atoms in total. The zero-order valence-corrected chi connectivity index (χ0v) is 17.1. The number of hydrogen-bond donors (Lipinski definition) is 0. The molecule has 1 heterocycles. The Labute approximate surface area is 172 Å². The smallest absolute Gasteiger partial charge is 0.303 e. The quantitative estimate of drug-likeness (QED) is 0.120. The van der Waals surface area contributed by atoms with E-state index in [4.69, 9.17) is 34.0 Å². The van der Waals surface area contributed by atoms with Crippen LogP contribution in [0.4, 0.5) is 0 Å². The third-order valence-electron chi connectivity index (χ3n) is 3.70. The summed E-state index contributed by atoms with van der Waals surface area (Å²) in [6, 6.07) is 0. The third kappa shape index (κ3) is 8.64. The maximum atomic E-state index is 11.7. The van der Waals surface area contributed by atoms with Crippen molar-refractivity contribution in [3.63, 3.8) is 0 Å². The molecule has 30 heavy (non-hydrogen) atoms. The summed E-state index contributed by atoms with van der Waals surface area (Å²) in [5.41, 5.74) is 8.32. The SMILES string of the molecule is CC(=O)OCC1OC(OCCCN=[N+]=[N-])C(OC(C)=O)C(OC(C)=O)C1OC(C)=O. The molecule has 0 aromatic heterocycles. The van der Waals surface area contributed by atoms with Crippen LogP contribution in [-0.4, -0.2) is 74.3 Å². The molecule has 1 fully saturated rings. The number of carbonyl (C=O) groups is 4. The lowest BCUT2D eigenvalue weighted by Crippen LogP contribution is -2.63. The fraction of sp³-hybridized carbons (Fsp3) is 0.765. The van der Waals surface area contributed by atoms with Crippen molar-refractivity contribution in [2.24, 2.45) is 5.11 Å². The predicted octanol–water partition coefficient (Wildman–Crippen LogP) is 0.786. The summed E-state index contributed by atoms with van der Waals surface area (Å²) in [6.07, 6.45) is -5.78. The third-order valence-corrected chi connectivity index (χ3v) is 3.70. The summed E-state index contributed by atoms with van der Waals surface area (Å²) >= 11 is 0. The van der Waals surface area contributed by atoms with Crippen LogP contribution < -0.4 is 0 Å². The zero-order valence-electron chi connectivity index (χ0n) is 17.1. The Morgan fingerprint density at radius 2 is 1.47 bits per heavy atom. The van der Waals surface area contributed by atoms with E-state index < -0.39 is 54.6 Å². The number of carbonyl (C=O) groups excluding carboxylic acids is 4. The Morgan fingerprint density at radius 3 is 2.00 bits per heavy atom. The van der Waals surface area contributed by atoms with Gasteiger partial charge in [0.1, 0.15) is 12.7 Å². The van der Waals surface area contributed by atoms with Gasteiger partial charge >= 0.3 is 23.9 Å². The van der Waals surface area contributed by atoms with E-state index in [1.54, 1.807) is 0 Å². The number of hydrogen-bond acceptors (Lipinski definition) is 11. The van der Waals surface area contributed by atoms with Gasteiger partial charge in [-0.3, -0.25) is 19.2 Å². The van der Waals surface area contributed by atoms with Crippen LogP contribution in [0.3, 0.4) is 0 Å². The van der Waals surface area contributed by atoms with Gasteiger partial charge in [0.05, 0.1) is 6.61 Å². The molecular weight excluding hydrogens is 406 g/mol. The van der Waals surface area contributed by atoms with Crippen molar-refractivity contribution in [2.75, 3.05) is 19.8 Å². The van der Waals surface area contributed by atoms with E-state index in [9.17, 15) is 19.2 Å². The Hall–Kier alpha value is -2.89. The van der Waals surface area contributed by atoms with Gasteiger partial charge in [0, 0.05) is 39.2 Å². The van der Waals surface area contributed by atoms with Gasteiger partial charge in [-0.25, -0.2) is 0 Å². The first kappa shape index (κ1) is 25.1. The molecular formula is C17H25N3O10. The van der Waals surface area contributed by atoms with Crippen LogP contribution in [0, 0.1) is 0 Å². The van der Waals surface area contributed by atoms with Crippen molar-refractivity contribution < 1.29 is 47.6 Å². The van der Waals surface area contributed by atoms with Gasteiger partial charge < -0.3 is 28.4 Å². The molecule has 5 atom stereocenters. The molecule has 168 valence electrons. The molecule has 1 saturated heterocycles. The minimum Gasteiger partial charge on any atom is -0.463 e. The van der Waals surface area contributed by atoms with E-state index in [0.29, 0.717) is 6.42 Å². The van der Waals surface area contributed by atoms with Gasteiger partial charge in [-0.1, -0.05) is 5.11 Å². The lowest BCUT2D eigenvalue weighted by molar-refractivity contribution is -0.308. The second-order valence-electron chi connectivity index (χ2n) is 6.25. The normalized spacial score (nSPS) is 25.4. The van der Waals surface area contributed by atoms with Gasteiger partial charge in [0.25, 0.3) is 0 Å². The Balaban J connectivity index is 3.17. The van der Waals surface area contributed by atoms with Crippen LogP contribution in [0.2, 0.25) is 0 Å². The average Bonchev–Trinajstić information content (AvgIpc) is 2.63. The molecule has 1 aliphatic heterocycles. The second kappa shape index (κ2) is 12.6. The van der Waals surface area contributed by atoms with Crippen LogP contribution in [0.1, 0.15) is 34.1 Å². The zero-order chi connectivity index (χ0) is 22.7. The largest absolute Gasteiger partial charge is 0.463 e. The van der Waals surface area contributed by atoms with Gasteiger partial charge in [-0.15, -0.1) is 0 Å². The second-order valence-corrected chi connectivity index (χ2v) is 6.25. The number of azide groups is 1. The highest BCUT2D eigenvalue weighted by Gasteiger charge is 2.52. The van der Waals surface area contributed by atoms with E-state index >= 15 is 0 Å². The van der Waals surface area contributed by atoms with Crippen LogP contribution in [0.5, 0.6) is 0 Å². The summed E-state index contributed by atoms with van der Waals surface area (Å²) < 4.78 is 32.0. The molecule has 1 aliphatic rings. The van der Waals surface area contributed by atoms with Crippen LogP contribution in [0.15, 0.2) is 5.11 Å². The van der Waals surface area contributed by atoms with Crippen molar-refractivity contribution in [3.05, 3.63) is 10.4 Å². The molecule has 1 rings (SSSR count).